The Balaban J connectivity index is 1.76. The lowest BCUT2D eigenvalue weighted by atomic mass is 9.71. The van der Waals surface area contributed by atoms with Gasteiger partial charge in [-0.1, -0.05) is 13.8 Å². The normalized spacial score (nSPS) is 23.5. The van der Waals surface area contributed by atoms with Gasteiger partial charge in [-0.05, 0) is 56.5 Å². The van der Waals surface area contributed by atoms with Crippen molar-refractivity contribution >= 4 is 18.5 Å². The minimum Gasteiger partial charge on any atom is -0.343 e. The summed E-state index contributed by atoms with van der Waals surface area (Å²) in [5.41, 5.74) is 0.522. The zero-order valence-corrected chi connectivity index (χ0v) is 14.0. The van der Waals surface area contributed by atoms with Gasteiger partial charge in [0.25, 0.3) is 0 Å². The number of amides is 1. The van der Waals surface area contributed by atoms with Crippen molar-refractivity contribution in [3.8, 4) is 0 Å². The van der Waals surface area contributed by atoms with Gasteiger partial charge in [0.1, 0.15) is 0 Å². The third-order valence-electron chi connectivity index (χ3n) is 5.23. The number of piperidine rings is 2. The van der Waals surface area contributed by atoms with Crippen molar-refractivity contribution < 1.29 is 4.79 Å². The molecule has 0 aromatic heterocycles. The summed E-state index contributed by atoms with van der Waals surface area (Å²) in [6, 6.07) is 0. The van der Waals surface area contributed by atoms with E-state index in [4.69, 9.17) is 0 Å². The van der Waals surface area contributed by atoms with Crippen LogP contribution >= 0.6 is 12.6 Å². The van der Waals surface area contributed by atoms with Crippen molar-refractivity contribution in [3.63, 3.8) is 0 Å². The number of rotatable bonds is 4. The smallest absolute Gasteiger partial charge is 0.222 e. The molecule has 3 nitrogen and oxygen atoms in total. The van der Waals surface area contributed by atoms with E-state index in [1.807, 2.05) is 0 Å². The van der Waals surface area contributed by atoms with E-state index < -0.39 is 0 Å². The summed E-state index contributed by atoms with van der Waals surface area (Å²) in [6.07, 6.45) is 6.76. The number of thiol groups is 1. The average Bonchev–Trinajstić information content (AvgIpc) is 2.46. The van der Waals surface area contributed by atoms with E-state index in [9.17, 15) is 4.79 Å². The van der Waals surface area contributed by atoms with Gasteiger partial charge in [0.2, 0.25) is 5.91 Å². The number of hydrogen-bond donors (Lipinski definition) is 1. The van der Waals surface area contributed by atoms with Crippen LogP contribution in [-0.4, -0.2) is 47.8 Å². The van der Waals surface area contributed by atoms with Crippen LogP contribution < -0.4 is 0 Å². The molecule has 4 heteroatoms. The third-order valence-corrected chi connectivity index (χ3v) is 5.63. The standard InChI is InChI=1S/C16H30N2OS/c1-14(2)3-4-15(19)18-11-7-16(8-12-18)5-9-17(13-20)10-6-16/h14,20H,3-13H2,1-2H3. The van der Waals surface area contributed by atoms with E-state index in [2.05, 4.69) is 36.3 Å². The second-order valence-electron chi connectivity index (χ2n) is 7.07. The van der Waals surface area contributed by atoms with Crippen LogP contribution in [0.4, 0.5) is 0 Å². The summed E-state index contributed by atoms with van der Waals surface area (Å²) < 4.78 is 0. The Hall–Kier alpha value is -0.220. The highest BCUT2D eigenvalue weighted by atomic mass is 32.1. The van der Waals surface area contributed by atoms with Gasteiger partial charge in [-0.15, -0.1) is 0 Å². The lowest BCUT2D eigenvalue weighted by molar-refractivity contribution is -0.134. The highest BCUT2D eigenvalue weighted by Crippen LogP contribution is 2.41. The second-order valence-corrected chi connectivity index (χ2v) is 7.36. The van der Waals surface area contributed by atoms with Gasteiger partial charge in [-0.3, -0.25) is 9.69 Å². The maximum absolute atomic E-state index is 12.2. The summed E-state index contributed by atoms with van der Waals surface area (Å²) >= 11 is 4.37. The maximum Gasteiger partial charge on any atom is 0.222 e. The fraction of sp³-hybridized carbons (Fsp3) is 0.938. The van der Waals surface area contributed by atoms with Gasteiger partial charge >= 0.3 is 0 Å². The minimum absolute atomic E-state index is 0.376. The Morgan fingerprint density at radius 3 is 2.15 bits per heavy atom. The fourth-order valence-electron chi connectivity index (χ4n) is 3.47. The molecule has 116 valence electrons. The number of carbonyl (C=O) groups is 1. The van der Waals surface area contributed by atoms with E-state index in [0.717, 1.165) is 31.8 Å². The fourth-order valence-corrected chi connectivity index (χ4v) is 3.75. The lowest BCUT2D eigenvalue weighted by Gasteiger charge is -2.46. The predicted molar refractivity (Wildman–Crippen MR) is 87.0 cm³/mol. The molecule has 0 aromatic carbocycles. The number of hydrogen-bond acceptors (Lipinski definition) is 3. The van der Waals surface area contributed by atoms with Crippen LogP contribution in [0.2, 0.25) is 0 Å². The number of likely N-dealkylation sites (tertiary alicyclic amines) is 2. The molecule has 0 radical (unpaired) electrons. The topological polar surface area (TPSA) is 23.6 Å². The van der Waals surface area contributed by atoms with Crippen LogP contribution in [0.25, 0.3) is 0 Å². The molecule has 20 heavy (non-hydrogen) atoms. The molecule has 0 saturated carbocycles. The molecule has 2 heterocycles. The van der Waals surface area contributed by atoms with Crippen molar-refractivity contribution in [2.75, 3.05) is 32.1 Å². The molecular weight excluding hydrogens is 268 g/mol. The van der Waals surface area contributed by atoms with Crippen molar-refractivity contribution in [1.82, 2.24) is 9.80 Å². The Bertz CT molecular complexity index is 314. The molecule has 0 atom stereocenters. The average molecular weight is 298 g/mol. The van der Waals surface area contributed by atoms with E-state index in [1.54, 1.807) is 0 Å². The molecule has 0 aromatic rings. The van der Waals surface area contributed by atoms with Gasteiger partial charge in [0.05, 0.1) is 0 Å². The van der Waals surface area contributed by atoms with E-state index in [1.165, 1.54) is 38.8 Å². The second kappa shape index (κ2) is 7.17. The van der Waals surface area contributed by atoms with Gasteiger partial charge in [-0.25, -0.2) is 0 Å². The molecule has 0 unspecified atom stereocenters. The Labute approximate surface area is 129 Å². The zero-order chi connectivity index (χ0) is 14.6. The summed E-state index contributed by atoms with van der Waals surface area (Å²) in [5, 5.41) is 0. The monoisotopic (exact) mass is 298 g/mol. The van der Waals surface area contributed by atoms with Gasteiger partial charge < -0.3 is 4.90 Å². The van der Waals surface area contributed by atoms with Gasteiger partial charge in [-0.2, -0.15) is 12.6 Å². The summed E-state index contributed by atoms with van der Waals surface area (Å²) in [7, 11) is 0. The van der Waals surface area contributed by atoms with Gasteiger partial charge in [0, 0.05) is 25.4 Å². The van der Waals surface area contributed by atoms with Crippen molar-refractivity contribution in [2.24, 2.45) is 11.3 Å². The largest absolute Gasteiger partial charge is 0.343 e. The third kappa shape index (κ3) is 4.14. The lowest BCUT2D eigenvalue weighted by Crippen LogP contribution is -2.48. The quantitative estimate of drug-likeness (QED) is 0.807. The molecule has 0 bridgehead atoms. The number of carbonyl (C=O) groups excluding carboxylic acids is 1. The van der Waals surface area contributed by atoms with Crippen molar-refractivity contribution in [3.05, 3.63) is 0 Å². The van der Waals surface area contributed by atoms with Gasteiger partial charge in [0.15, 0.2) is 0 Å². The molecule has 2 saturated heterocycles. The molecular formula is C16H30N2OS. The van der Waals surface area contributed by atoms with Crippen LogP contribution in [0.1, 0.15) is 52.4 Å². The number of nitrogens with zero attached hydrogens (tertiary/aromatic N) is 2. The van der Waals surface area contributed by atoms with Crippen LogP contribution in [0, 0.1) is 11.3 Å². The summed E-state index contributed by atoms with van der Waals surface area (Å²) in [6.45, 7) is 8.71. The summed E-state index contributed by atoms with van der Waals surface area (Å²) in [5.74, 6) is 1.89. The van der Waals surface area contributed by atoms with Crippen LogP contribution in [0.3, 0.4) is 0 Å². The first-order valence-electron chi connectivity index (χ1n) is 8.16. The van der Waals surface area contributed by atoms with Crippen LogP contribution in [0.15, 0.2) is 0 Å². The van der Waals surface area contributed by atoms with E-state index in [0.29, 0.717) is 17.2 Å². The summed E-state index contributed by atoms with van der Waals surface area (Å²) in [4.78, 5) is 16.7. The molecule has 2 rings (SSSR count). The molecule has 2 aliphatic rings. The molecule has 1 spiro atoms. The molecule has 2 aliphatic heterocycles. The maximum atomic E-state index is 12.2. The molecule has 0 N–H and O–H groups in total. The Morgan fingerprint density at radius 2 is 1.65 bits per heavy atom. The van der Waals surface area contributed by atoms with E-state index >= 15 is 0 Å². The van der Waals surface area contributed by atoms with E-state index in [-0.39, 0.29) is 0 Å². The van der Waals surface area contributed by atoms with Crippen molar-refractivity contribution in [2.45, 2.75) is 52.4 Å². The first-order chi connectivity index (χ1) is 9.54. The first-order valence-corrected chi connectivity index (χ1v) is 8.79. The molecule has 2 fully saturated rings. The van der Waals surface area contributed by atoms with Crippen molar-refractivity contribution in [1.29, 1.82) is 0 Å². The molecule has 0 aliphatic carbocycles. The minimum atomic E-state index is 0.376. The highest BCUT2D eigenvalue weighted by Gasteiger charge is 2.38. The highest BCUT2D eigenvalue weighted by molar-refractivity contribution is 7.80. The Kier molecular flexibility index (Phi) is 5.79. The van der Waals surface area contributed by atoms with Crippen LogP contribution in [-0.2, 0) is 4.79 Å². The van der Waals surface area contributed by atoms with Crippen LogP contribution in [0.5, 0.6) is 0 Å². The SMILES string of the molecule is CC(C)CCC(=O)N1CCC2(CCN(CS)CC2)CC1. The first kappa shape index (κ1) is 16.2. The molecule has 1 amide bonds. The predicted octanol–water partition coefficient (Wildman–Crippen LogP) is 3.01. The zero-order valence-electron chi connectivity index (χ0n) is 13.1. The Morgan fingerprint density at radius 1 is 1.10 bits per heavy atom.